The van der Waals surface area contributed by atoms with Crippen LogP contribution in [-0.2, 0) is 21.4 Å². The molecule has 9 heteroatoms. The Morgan fingerprint density at radius 2 is 1.68 bits per heavy atom. The molecule has 1 aliphatic heterocycles. The summed E-state index contributed by atoms with van der Waals surface area (Å²) in [5, 5.41) is 3.98. The van der Waals surface area contributed by atoms with E-state index in [2.05, 4.69) is 10.1 Å². The molecule has 0 aliphatic carbocycles. The van der Waals surface area contributed by atoms with Crippen molar-refractivity contribution in [3.8, 4) is 11.4 Å². The van der Waals surface area contributed by atoms with E-state index in [4.69, 9.17) is 4.52 Å². The number of sulfonamides is 1. The lowest BCUT2D eigenvalue weighted by Crippen LogP contribution is -2.43. The smallest absolute Gasteiger partial charge is 0.246 e. The first-order valence-electron chi connectivity index (χ1n) is 10.1. The van der Waals surface area contributed by atoms with Crippen LogP contribution in [0.2, 0.25) is 0 Å². The van der Waals surface area contributed by atoms with Crippen molar-refractivity contribution in [1.29, 1.82) is 0 Å². The van der Waals surface area contributed by atoms with Gasteiger partial charge in [-0.1, -0.05) is 53.7 Å². The highest BCUT2D eigenvalue weighted by Gasteiger charge is 2.33. The fourth-order valence-electron chi connectivity index (χ4n) is 3.70. The first kappa shape index (κ1) is 21.2. The average molecular weight is 441 g/mol. The number of benzene rings is 2. The molecule has 0 spiro atoms. The van der Waals surface area contributed by atoms with Gasteiger partial charge in [0, 0.05) is 31.6 Å². The van der Waals surface area contributed by atoms with Crippen molar-refractivity contribution in [1.82, 2.24) is 19.3 Å². The number of aromatic nitrogens is 2. The summed E-state index contributed by atoms with van der Waals surface area (Å²) in [6.45, 7) is 0.849. The Balaban J connectivity index is 1.34. The Kier molecular flexibility index (Phi) is 6.15. The van der Waals surface area contributed by atoms with E-state index in [9.17, 15) is 13.2 Å². The van der Waals surface area contributed by atoms with Gasteiger partial charge in [-0.25, -0.2) is 8.42 Å². The zero-order valence-electron chi connectivity index (χ0n) is 17.2. The lowest BCUT2D eigenvalue weighted by molar-refractivity contribution is -0.136. The van der Waals surface area contributed by atoms with Gasteiger partial charge in [0.15, 0.2) is 0 Å². The third kappa shape index (κ3) is 4.67. The third-order valence-electron chi connectivity index (χ3n) is 5.43. The first-order chi connectivity index (χ1) is 14.9. The van der Waals surface area contributed by atoms with E-state index in [-0.39, 0.29) is 23.3 Å². The van der Waals surface area contributed by atoms with Crippen LogP contribution in [0.15, 0.2) is 70.1 Å². The van der Waals surface area contributed by atoms with E-state index in [1.54, 1.807) is 42.3 Å². The Morgan fingerprint density at radius 3 is 2.32 bits per heavy atom. The van der Waals surface area contributed by atoms with E-state index in [1.165, 1.54) is 4.31 Å². The Hall–Kier alpha value is -3.04. The standard InChI is InChI=1S/C22H24N4O4S/c1-25(16-20-23-21(24-30-20)17-8-4-2-5-9-17)22(27)18-12-14-26(15-13-18)31(28,29)19-10-6-3-7-11-19/h2-11,18H,12-16H2,1H3. The van der Waals surface area contributed by atoms with Crippen molar-refractivity contribution >= 4 is 15.9 Å². The summed E-state index contributed by atoms with van der Waals surface area (Å²) < 4.78 is 32.3. The molecule has 0 N–H and O–H groups in total. The second-order valence-electron chi connectivity index (χ2n) is 7.56. The van der Waals surface area contributed by atoms with Crippen LogP contribution in [0, 0.1) is 5.92 Å². The highest BCUT2D eigenvalue weighted by molar-refractivity contribution is 7.89. The number of hydrogen-bond acceptors (Lipinski definition) is 6. The second-order valence-corrected chi connectivity index (χ2v) is 9.50. The van der Waals surface area contributed by atoms with Crippen LogP contribution >= 0.6 is 0 Å². The van der Waals surface area contributed by atoms with E-state index in [1.807, 2.05) is 30.3 Å². The fraction of sp³-hybridized carbons (Fsp3) is 0.318. The van der Waals surface area contributed by atoms with Crippen LogP contribution in [0.25, 0.3) is 11.4 Å². The molecule has 0 bridgehead atoms. The van der Waals surface area contributed by atoms with Crippen molar-refractivity contribution in [3.05, 3.63) is 66.6 Å². The lowest BCUT2D eigenvalue weighted by Gasteiger charge is -2.32. The number of carbonyl (C=O) groups is 1. The van der Waals surface area contributed by atoms with Crippen molar-refractivity contribution in [2.75, 3.05) is 20.1 Å². The highest BCUT2D eigenvalue weighted by atomic mass is 32.2. The van der Waals surface area contributed by atoms with Gasteiger partial charge in [-0.15, -0.1) is 0 Å². The molecule has 1 aliphatic rings. The number of piperidine rings is 1. The van der Waals surface area contributed by atoms with Crippen molar-refractivity contribution in [3.63, 3.8) is 0 Å². The van der Waals surface area contributed by atoms with Gasteiger partial charge in [-0.05, 0) is 25.0 Å². The van der Waals surface area contributed by atoms with E-state index in [0.717, 1.165) is 5.56 Å². The second kappa shape index (κ2) is 8.99. The van der Waals surface area contributed by atoms with E-state index < -0.39 is 10.0 Å². The largest absolute Gasteiger partial charge is 0.337 e. The topological polar surface area (TPSA) is 96.6 Å². The molecular formula is C22H24N4O4S. The monoisotopic (exact) mass is 440 g/mol. The number of hydrogen-bond donors (Lipinski definition) is 0. The molecule has 0 atom stereocenters. The van der Waals surface area contributed by atoms with Crippen molar-refractivity contribution in [2.45, 2.75) is 24.3 Å². The van der Waals surface area contributed by atoms with Gasteiger partial charge >= 0.3 is 0 Å². The van der Waals surface area contributed by atoms with Gasteiger partial charge in [-0.2, -0.15) is 9.29 Å². The highest BCUT2D eigenvalue weighted by Crippen LogP contribution is 2.25. The van der Waals surface area contributed by atoms with E-state index in [0.29, 0.717) is 37.6 Å². The van der Waals surface area contributed by atoms with Crippen LogP contribution in [0.1, 0.15) is 18.7 Å². The summed E-state index contributed by atoms with van der Waals surface area (Å²) in [4.78, 5) is 19.1. The molecule has 1 aromatic heterocycles. The summed E-state index contributed by atoms with van der Waals surface area (Å²) in [5.41, 5.74) is 0.846. The van der Waals surface area contributed by atoms with Crippen LogP contribution in [-0.4, -0.2) is 53.8 Å². The van der Waals surface area contributed by atoms with Gasteiger partial charge < -0.3 is 9.42 Å². The van der Waals surface area contributed by atoms with Crippen molar-refractivity contribution in [2.24, 2.45) is 5.92 Å². The van der Waals surface area contributed by atoms with Gasteiger partial charge in [0.2, 0.25) is 27.6 Å². The summed E-state index contributed by atoms with van der Waals surface area (Å²) in [6.07, 6.45) is 0.961. The fourth-order valence-corrected chi connectivity index (χ4v) is 5.19. The Labute approximate surface area is 181 Å². The van der Waals surface area contributed by atoms with E-state index >= 15 is 0 Å². The summed E-state index contributed by atoms with van der Waals surface area (Å²) >= 11 is 0. The lowest BCUT2D eigenvalue weighted by atomic mass is 9.97. The summed E-state index contributed by atoms with van der Waals surface area (Å²) in [5.74, 6) is 0.564. The van der Waals surface area contributed by atoms with Crippen LogP contribution in [0.4, 0.5) is 0 Å². The molecule has 3 aromatic rings. The quantitative estimate of drug-likeness (QED) is 0.585. The maximum Gasteiger partial charge on any atom is 0.246 e. The van der Waals surface area contributed by atoms with Crippen LogP contribution in [0.3, 0.4) is 0 Å². The minimum Gasteiger partial charge on any atom is -0.337 e. The average Bonchev–Trinajstić information content (AvgIpc) is 3.28. The SMILES string of the molecule is CN(Cc1nc(-c2ccccc2)no1)C(=O)C1CCN(S(=O)(=O)c2ccccc2)CC1. The van der Waals surface area contributed by atoms with Crippen LogP contribution in [0.5, 0.6) is 0 Å². The number of amides is 1. The van der Waals surface area contributed by atoms with Gasteiger partial charge in [0.1, 0.15) is 0 Å². The zero-order valence-corrected chi connectivity index (χ0v) is 18.0. The predicted octanol–water partition coefficient (Wildman–Crippen LogP) is 2.80. The molecule has 0 saturated carbocycles. The number of rotatable bonds is 6. The molecule has 4 rings (SSSR count). The molecule has 8 nitrogen and oxygen atoms in total. The van der Waals surface area contributed by atoms with Gasteiger partial charge in [-0.3, -0.25) is 4.79 Å². The molecule has 2 aromatic carbocycles. The Bertz CT molecular complexity index is 1120. The Morgan fingerprint density at radius 1 is 1.06 bits per heavy atom. The number of nitrogens with zero attached hydrogens (tertiary/aromatic N) is 4. The van der Waals surface area contributed by atoms with Gasteiger partial charge in [0.05, 0.1) is 11.4 Å². The molecule has 2 heterocycles. The molecule has 31 heavy (non-hydrogen) atoms. The molecule has 1 amide bonds. The molecule has 1 saturated heterocycles. The molecular weight excluding hydrogens is 416 g/mol. The minimum atomic E-state index is -3.53. The molecule has 162 valence electrons. The summed E-state index contributed by atoms with van der Waals surface area (Å²) in [6, 6.07) is 17.9. The van der Waals surface area contributed by atoms with Crippen molar-refractivity contribution < 1.29 is 17.7 Å². The molecule has 1 fully saturated rings. The maximum atomic E-state index is 12.9. The third-order valence-corrected chi connectivity index (χ3v) is 7.35. The predicted molar refractivity (Wildman–Crippen MR) is 114 cm³/mol. The summed E-state index contributed by atoms with van der Waals surface area (Å²) in [7, 11) is -1.83. The minimum absolute atomic E-state index is 0.0452. The van der Waals surface area contributed by atoms with Crippen LogP contribution < -0.4 is 0 Å². The normalized spacial score (nSPS) is 15.6. The van der Waals surface area contributed by atoms with Gasteiger partial charge in [0.25, 0.3) is 0 Å². The maximum absolute atomic E-state index is 12.9. The number of carbonyl (C=O) groups excluding carboxylic acids is 1. The molecule has 0 radical (unpaired) electrons. The molecule has 0 unspecified atom stereocenters. The zero-order chi connectivity index (χ0) is 21.8. The first-order valence-corrected chi connectivity index (χ1v) is 11.6.